The van der Waals surface area contributed by atoms with Crippen LogP contribution in [0.2, 0.25) is 0 Å². The molecule has 5 nitrogen and oxygen atoms in total. The van der Waals surface area contributed by atoms with Gasteiger partial charge in [0.15, 0.2) is 11.7 Å². The molecule has 3 aromatic rings. The smallest absolute Gasteiger partial charge is 0.264 e. The molecule has 0 spiro atoms. The number of nitrogens with one attached hydrogen (secondary N) is 2. The predicted octanol–water partition coefficient (Wildman–Crippen LogP) is 4.13. The summed E-state index contributed by atoms with van der Waals surface area (Å²) in [6.07, 6.45) is 0. The van der Waals surface area contributed by atoms with Crippen LogP contribution in [0.4, 0.5) is 5.69 Å². The summed E-state index contributed by atoms with van der Waals surface area (Å²) in [4.78, 5) is 12.0. The minimum Gasteiger partial charge on any atom is -0.494 e. The van der Waals surface area contributed by atoms with Crippen LogP contribution in [0.1, 0.15) is 6.92 Å². The molecule has 0 saturated heterocycles. The predicted molar refractivity (Wildman–Crippen MR) is 111 cm³/mol. The zero-order chi connectivity index (χ0) is 19.1. The molecule has 0 atom stereocenters. The Labute approximate surface area is 163 Å². The Kier molecular flexibility index (Phi) is 6.22. The lowest BCUT2D eigenvalue weighted by atomic mass is 10.1. The highest BCUT2D eigenvalue weighted by molar-refractivity contribution is 7.80. The number of rotatable bonds is 6. The normalized spacial score (nSPS) is 10.3. The number of amides is 1. The first-order chi connectivity index (χ1) is 13.1. The van der Waals surface area contributed by atoms with E-state index in [4.69, 9.17) is 21.7 Å². The highest BCUT2D eigenvalue weighted by Gasteiger charge is 2.07. The van der Waals surface area contributed by atoms with Crippen molar-refractivity contribution >= 4 is 39.7 Å². The van der Waals surface area contributed by atoms with E-state index in [1.54, 1.807) is 0 Å². The minimum atomic E-state index is -0.327. The van der Waals surface area contributed by atoms with Gasteiger partial charge in [-0.3, -0.25) is 10.1 Å². The van der Waals surface area contributed by atoms with Crippen molar-refractivity contribution in [3.63, 3.8) is 0 Å². The molecule has 0 bridgehead atoms. The second-order valence-corrected chi connectivity index (χ2v) is 6.17. The van der Waals surface area contributed by atoms with Crippen LogP contribution >= 0.6 is 12.2 Å². The number of carbonyl (C=O) groups is 1. The number of hydrogen-bond acceptors (Lipinski definition) is 4. The fourth-order valence-electron chi connectivity index (χ4n) is 2.53. The molecule has 2 N–H and O–H groups in total. The average molecular weight is 380 g/mol. The first-order valence-electron chi connectivity index (χ1n) is 8.59. The summed E-state index contributed by atoms with van der Waals surface area (Å²) < 4.78 is 10.9. The van der Waals surface area contributed by atoms with Gasteiger partial charge in [-0.05, 0) is 66.3 Å². The van der Waals surface area contributed by atoms with Gasteiger partial charge in [0.1, 0.15) is 11.5 Å². The van der Waals surface area contributed by atoms with E-state index in [1.807, 2.05) is 73.7 Å². The second kappa shape index (κ2) is 9.00. The molecule has 0 aliphatic carbocycles. The third-order valence-electron chi connectivity index (χ3n) is 3.77. The molecule has 138 valence electrons. The average Bonchev–Trinajstić information content (AvgIpc) is 2.68. The molecule has 0 aromatic heterocycles. The van der Waals surface area contributed by atoms with E-state index in [0.29, 0.717) is 12.4 Å². The number of hydrogen-bond donors (Lipinski definition) is 2. The second-order valence-electron chi connectivity index (χ2n) is 5.76. The van der Waals surface area contributed by atoms with Crippen molar-refractivity contribution in [2.24, 2.45) is 0 Å². The van der Waals surface area contributed by atoms with Crippen molar-refractivity contribution in [2.75, 3.05) is 18.5 Å². The molecule has 3 aromatic carbocycles. The zero-order valence-electron chi connectivity index (χ0n) is 14.9. The molecule has 0 aliphatic rings. The molecule has 0 fully saturated rings. The maximum absolute atomic E-state index is 12.0. The quantitative estimate of drug-likeness (QED) is 0.630. The Hall–Kier alpha value is -3.12. The third-order valence-corrected chi connectivity index (χ3v) is 3.97. The molecule has 0 saturated carbocycles. The highest BCUT2D eigenvalue weighted by Crippen LogP contribution is 2.20. The summed E-state index contributed by atoms with van der Waals surface area (Å²) in [7, 11) is 0. The number of anilines is 1. The molecule has 0 aliphatic heterocycles. The fraction of sp³-hybridized carbons (Fsp3) is 0.143. The van der Waals surface area contributed by atoms with Crippen LogP contribution in [0.5, 0.6) is 11.5 Å². The first kappa shape index (κ1) is 18.7. The zero-order valence-corrected chi connectivity index (χ0v) is 15.7. The summed E-state index contributed by atoms with van der Waals surface area (Å²) >= 11 is 5.16. The van der Waals surface area contributed by atoms with Crippen molar-refractivity contribution in [3.8, 4) is 11.5 Å². The molecule has 0 heterocycles. The van der Waals surface area contributed by atoms with Crippen LogP contribution < -0.4 is 20.1 Å². The van der Waals surface area contributed by atoms with E-state index in [1.165, 1.54) is 0 Å². The summed E-state index contributed by atoms with van der Waals surface area (Å²) in [5, 5.41) is 7.95. The molecule has 6 heteroatoms. The Morgan fingerprint density at radius 1 is 0.926 bits per heavy atom. The Balaban J connectivity index is 1.48. The van der Waals surface area contributed by atoms with Gasteiger partial charge in [0.25, 0.3) is 5.91 Å². The first-order valence-corrected chi connectivity index (χ1v) is 9.00. The lowest BCUT2D eigenvalue weighted by Gasteiger charge is -2.11. The van der Waals surface area contributed by atoms with Crippen LogP contribution in [0.15, 0.2) is 66.7 Å². The maximum atomic E-state index is 12.0. The summed E-state index contributed by atoms with van der Waals surface area (Å²) in [6, 6.07) is 21.0. The van der Waals surface area contributed by atoms with E-state index in [-0.39, 0.29) is 17.6 Å². The van der Waals surface area contributed by atoms with E-state index < -0.39 is 0 Å². The third kappa shape index (κ3) is 5.43. The number of thiocarbonyl (C=S) groups is 1. The van der Waals surface area contributed by atoms with Gasteiger partial charge >= 0.3 is 0 Å². The SMILES string of the molecule is CCOc1ccc(NC(=S)NC(=O)COc2ccc3ccccc3c2)cc1. The molecular formula is C21H20N2O3S. The van der Waals surface area contributed by atoms with E-state index in [0.717, 1.165) is 22.2 Å². The molecule has 1 amide bonds. The molecule has 27 heavy (non-hydrogen) atoms. The minimum absolute atomic E-state index is 0.122. The number of carbonyl (C=O) groups excluding carboxylic acids is 1. The summed E-state index contributed by atoms with van der Waals surface area (Å²) in [5.74, 6) is 1.09. The van der Waals surface area contributed by atoms with Crippen LogP contribution in [0, 0.1) is 0 Å². The van der Waals surface area contributed by atoms with Crippen LogP contribution in [0.25, 0.3) is 10.8 Å². The van der Waals surface area contributed by atoms with E-state index >= 15 is 0 Å². The lowest BCUT2D eigenvalue weighted by Crippen LogP contribution is -2.37. The van der Waals surface area contributed by atoms with E-state index in [9.17, 15) is 4.79 Å². The van der Waals surface area contributed by atoms with Crippen molar-refractivity contribution in [3.05, 3.63) is 66.7 Å². The summed E-state index contributed by atoms with van der Waals surface area (Å²) in [6.45, 7) is 2.42. The van der Waals surface area contributed by atoms with Crippen molar-refractivity contribution in [2.45, 2.75) is 6.92 Å². The number of benzene rings is 3. The summed E-state index contributed by atoms with van der Waals surface area (Å²) in [5.41, 5.74) is 0.763. The number of fused-ring (bicyclic) bond motifs is 1. The molecule has 0 radical (unpaired) electrons. The van der Waals surface area contributed by atoms with Crippen LogP contribution in [0.3, 0.4) is 0 Å². The van der Waals surface area contributed by atoms with Gasteiger partial charge in [-0.25, -0.2) is 0 Å². The van der Waals surface area contributed by atoms with Gasteiger partial charge < -0.3 is 14.8 Å². The molecule has 3 rings (SSSR count). The van der Waals surface area contributed by atoms with Gasteiger partial charge in [0.2, 0.25) is 0 Å². The van der Waals surface area contributed by atoms with Crippen LogP contribution in [-0.4, -0.2) is 24.2 Å². The van der Waals surface area contributed by atoms with Crippen molar-refractivity contribution in [1.82, 2.24) is 5.32 Å². The Morgan fingerprint density at radius 3 is 2.37 bits per heavy atom. The Bertz CT molecular complexity index is 942. The van der Waals surface area contributed by atoms with Gasteiger partial charge in [0, 0.05) is 5.69 Å². The molecule has 0 unspecified atom stereocenters. The maximum Gasteiger partial charge on any atom is 0.264 e. The van der Waals surface area contributed by atoms with Gasteiger partial charge in [-0.2, -0.15) is 0 Å². The largest absolute Gasteiger partial charge is 0.494 e. The molecular weight excluding hydrogens is 360 g/mol. The van der Waals surface area contributed by atoms with E-state index in [2.05, 4.69) is 10.6 Å². The number of ether oxygens (including phenoxy) is 2. The lowest BCUT2D eigenvalue weighted by molar-refractivity contribution is -0.121. The highest BCUT2D eigenvalue weighted by atomic mass is 32.1. The van der Waals surface area contributed by atoms with Gasteiger partial charge in [-0.15, -0.1) is 0 Å². The fourth-order valence-corrected chi connectivity index (χ4v) is 2.76. The van der Waals surface area contributed by atoms with Gasteiger partial charge in [-0.1, -0.05) is 30.3 Å². The topological polar surface area (TPSA) is 59.6 Å². The van der Waals surface area contributed by atoms with Crippen molar-refractivity contribution in [1.29, 1.82) is 0 Å². The van der Waals surface area contributed by atoms with Crippen LogP contribution in [-0.2, 0) is 4.79 Å². The van der Waals surface area contributed by atoms with Crippen molar-refractivity contribution < 1.29 is 14.3 Å². The van der Waals surface area contributed by atoms with Gasteiger partial charge in [0.05, 0.1) is 6.61 Å². The Morgan fingerprint density at radius 2 is 1.63 bits per heavy atom. The standard InChI is InChI=1S/C21H20N2O3S/c1-2-25-18-11-8-17(9-12-18)22-21(27)23-20(24)14-26-19-10-7-15-5-3-4-6-16(15)13-19/h3-13H,2,14H2,1H3,(H2,22,23,24,27). The monoisotopic (exact) mass is 380 g/mol.